The van der Waals surface area contributed by atoms with Gasteiger partial charge in [0.1, 0.15) is 25.3 Å². The third-order valence-corrected chi connectivity index (χ3v) is 2.60. The van der Waals surface area contributed by atoms with Crippen LogP contribution in [0.4, 0.5) is 0 Å². The molecule has 6 nitrogen and oxygen atoms in total. The average Bonchev–Trinajstić information content (AvgIpc) is 1.14. The van der Waals surface area contributed by atoms with Crippen molar-refractivity contribution in [2.75, 3.05) is 5.08 Å². The molecule has 65 valence electrons. The summed E-state index contributed by atoms with van der Waals surface area (Å²) >= 11 is 0. The normalized spacial score (nSPS) is 12.2. The van der Waals surface area contributed by atoms with Crippen molar-refractivity contribution in [3.63, 3.8) is 0 Å². The fraction of sp³-hybridized carbons (Fsp3) is 1.00. The van der Waals surface area contributed by atoms with Gasteiger partial charge in [0.2, 0.25) is 0 Å². The van der Waals surface area contributed by atoms with Crippen molar-refractivity contribution < 1.29 is 48.3 Å². The third kappa shape index (κ3) is 11.4. The van der Waals surface area contributed by atoms with Gasteiger partial charge in [-0.25, -0.2) is 16.8 Å². The molecule has 0 saturated carbocycles. The zero-order valence-electron chi connectivity index (χ0n) is 4.27. The van der Waals surface area contributed by atoms with Crippen molar-refractivity contribution in [2.45, 2.75) is 0 Å². The molecule has 0 spiro atoms. The van der Waals surface area contributed by atoms with Crippen LogP contribution in [-0.4, -0.2) is 31.0 Å². The first-order chi connectivity index (χ1) is 3.71. The second-order valence-electron chi connectivity index (χ2n) is 1.23. The Labute approximate surface area is 73.6 Å². The molecule has 0 rings (SSSR count). The van der Waals surface area contributed by atoms with E-state index in [4.69, 9.17) is 0 Å². The molecule has 10 heavy (non-hydrogen) atoms. The minimum atomic E-state index is -4.93. The van der Waals surface area contributed by atoms with Crippen molar-refractivity contribution in [3.8, 4) is 0 Å². The number of rotatable bonds is 2. The van der Waals surface area contributed by atoms with Gasteiger partial charge in [-0.05, 0) is 0 Å². The van der Waals surface area contributed by atoms with Crippen LogP contribution in [0.1, 0.15) is 0 Å². The summed E-state index contributed by atoms with van der Waals surface area (Å²) in [6.07, 6.45) is 0. The van der Waals surface area contributed by atoms with Gasteiger partial charge in [0.25, 0.3) is 0 Å². The molecule has 0 N–H and O–H groups in total. The van der Waals surface area contributed by atoms with Gasteiger partial charge in [-0.2, -0.15) is 0 Å². The molecule has 0 fully saturated rings. The molecule has 0 aliphatic heterocycles. The van der Waals surface area contributed by atoms with E-state index in [9.17, 15) is 25.9 Å². The Morgan fingerprint density at radius 1 is 0.900 bits per heavy atom. The summed E-state index contributed by atoms with van der Waals surface area (Å²) in [5, 5.41) is -1.88. The van der Waals surface area contributed by atoms with Crippen LogP contribution in [0.5, 0.6) is 0 Å². The van der Waals surface area contributed by atoms with Crippen molar-refractivity contribution in [3.05, 3.63) is 0 Å². The molecule has 0 aromatic rings. The molecule has 0 aliphatic carbocycles. The summed E-state index contributed by atoms with van der Waals surface area (Å²) in [6.45, 7) is 0. The maximum absolute atomic E-state index is 9.51. The van der Waals surface area contributed by atoms with Crippen LogP contribution in [0.2, 0.25) is 0 Å². The summed E-state index contributed by atoms with van der Waals surface area (Å²) in [5.74, 6) is 0. The van der Waals surface area contributed by atoms with Gasteiger partial charge in [-0.15, -0.1) is 0 Å². The largest absolute Gasteiger partial charge is 2.00 e. The minimum absolute atomic E-state index is 0. The van der Waals surface area contributed by atoms with Crippen LogP contribution in [0.3, 0.4) is 0 Å². The van der Waals surface area contributed by atoms with Gasteiger partial charge in [-0.3, -0.25) is 0 Å². The Morgan fingerprint density at radius 3 is 1.10 bits per heavy atom. The zero-order valence-corrected chi connectivity index (χ0v) is 7.39. The van der Waals surface area contributed by atoms with Crippen molar-refractivity contribution >= 4 is 20.2 Å². The third-order valence-electron chi connectivity index (χ3n) is 0.289. The fourth-order valence-corrected chi connectivity index (χ4v) is 1.59. The molecule has 0 aromatic carbocycles. The van der Waals surface area contributed by atoms with Crippen LogP contribution in [-0.2, 0) is 42.6 Å². The van der Waals surface area contributed by atoms with E-state index in [0.29, 0.717) is 0 Å². The van der Waals surface area contributed by atoms with E-state index in [1.165, 1.54) is 0 Å². The molecule has 0 amide bonds. The monoisotopic (exact) mass is 281 g/mol. The molecule has 9 heteroatoms. The molecule has 0 aromatic heterocycles. The molecular weight excluding hydrogens is 280 g/mol. The van der Waals surface area contributed by atoms with Gasteiger partial charge in [0, 0.05) is 0 Å². The molecule has 0 unspecified atom stereocenters. The van der Waals surface area contributed by atoms with Gasteiger partial charge in [0.05, 0.1) is 0 Å². The van der Waals surface area contributed by atoms with Crippen LogP contribution < -0.4 is 0 Å². The first-order valence-corrected chi connectivity index (χ1v) is 4.73. The number of hydrogen-bond donors (Lipinski definition) is 0. The Balaban J connectivity index is 0. The van der Waals surface area contributed by atoms with E-state index in [1.54, 1.807) is 0 Å². The topological polar surface area (TPSA) is 114 Å². The summed E-state index contributed by atoms with van der Waals surface area (Å²) in [5.41, 5.74) is 0. The average molecular weight is 282 g/mol. The predicted molar refractivity (Wildman–Crippen MR) is 24.3 cm³/mol. The van der Waals surface area contributed by atoms with Crippen LogP contribution in [0.25, 0.3) is 0 Å². The Kier molecular flexibility index (Phi) is 5.02. The Morgan fingerprint density at radius 2 is 1.10 bits per heavy atom. The standard InChI is InChI=1S/CH4O6S2.Ag/c2-8(3,4)1-9(5,6)7;/h1H2,(H,2,3,4)(H,5,6,7);/q;+2/p-2. The van der Waals surface area contributed by atoms with E-state index >= 15 is 0 Å². The van der Waals surface area contributed by atoms with Crippen LogP contribution in [0.15, 0.2) is 0 Å². The van der Waals surface area contributed by atoms with E-state index in [-0.39, 0.29) is 22.4 Å². The van der Waals surface area contributed by atoms with Crippen molar-refractivity contribution in [1.29, 1.82) is 0 Å². The van der Waals surface area contributed by atoms with Gasteiger partial charge in [0.15, 0.2) is 0 Å². The first-order valence-electron chi connectivity index (χ1n) is 1.58. The SMILES string of the molecule is O=S(=O)([O-])CS(=O)(=O)[O-].[Ag+2]. The zero-order chi connectivity index (χ0) is 7.71. The van der Waals surface area contributed by atoms with E-state index in [2.05, 4.69) is 0 Å². The summed E-state index contributed by atoms with van der Waals surface area (Å²) < 4.78 is 57.1. The molecule has 0 saturated heterocycles. The second-order valence-corrected chi connectivity index (χ2v) is 4.41. The molecule has 0 atom stereocenters. The molecule has 0 aliphatic rings. The molecule has 0 heterocycles. The smallest absolute Gasteiger partial charge is 0.747 e. The summed E-state index contributed by atoms with van der Waals surface area (Å²) in [4.78, 5) is 0. The van der Waals surface area contributed by atoms with Crippen LogP contribution in [0, 0.1) is 0 Å². The van der Waals surface area contributed by atoms with Gasteiger partial charge >= 0.3 is 22.4 Å². The van der Waals surface area contributed by atoms with Gasteiger partial charge in [-0.1, -0.05) is 0 Å². The quantitative estimate of drug-likeness (QED) is 0.428. The fourth-order valence-electron chi connectivity index (χ4n) is 0.177. The first kappa shape index (κ1) is 13.2. The maximum atomic E-state index is 9.51. The van der Waals surface area contributed by atoms with Crippen molar-refractivity contribution in [2.24, 2.45) is 0 Å². The number of hydrogen-bond acceptors (Lipinski definition) is 6. The second kappa shape index (κ2) is 3.81. The van der Waals surface area contributed by atoms with Crippen molar-refractivity contribution in [1.82, 2.24) is 0 Å². The summed E-state index contributed by atoms with van der Waals surface area (Å²) in [7, 11) is -9.86. The predicted octanol–water partition coefficient (Wildman–Crippen LogP) is -1.97. The molecule has 1 radical (unpaired) electrons. The van der Waals surface area contributed by atoms with E-state index in [1.807, 2.05) is 0 Å². The Bertz CT molecular complexity index is 241. The van der Waals surface area contributed by atoms with Gasteiger partial charge < -0.3 is 9.11 Å². The van der Waals surface area contributed by atoms with E-state index < -0.39 is 25.3 Å². The molecular formula is CH2AgO6S2. The maximum Gasteiger partial charge on any atom is 2.00 e. The van der Waals surface area contributed by atoms with Crippen LogP contribution >= 0.6 is 0 Å². The van der Waals surface area contributed by atoms with E-state index in [0.717, 1.165) is 0 Å². The minimum Gasteiger partial charge on any atom is -0.747 e. The molecule has 0 bridgehead atoms. The summed E-state index contributed by atoms with van der Waals surface area (Å²) in [6, 6.07) is 0. The Hall–Kier alpha value is 0.560.